The van der Waals surface area contributed by atoms with Crippen molar-refractivity contribution in [1.29, 1.82) is 0 Å². The van der Waals surface area contributed by atoms with E-state index in [1.807, 2.05) is 0 Å². The standard InChI is InChI=1S/C14H8F7NO5S2/c15-9-4-6-11(7-5-9)28(13(16,17)18,27-29(25,26)14(19,20)21)12-3-1-2-10(8-12)22(23)24/h1-8H. The Morgan fingerprint density at radius 3 is 1.86 bits per heavy atom. The molecule has 0 aliphatic carbocycles. The van der Waals surface area contributed by atoms with E-state index in [4.69, 9.17) is 0 Å². The predicted molar refractivity (Wildman–Crippen MR) is 85.7 cm³/mol. The van der Waals surface area contributed by atoms with Crippen molar-refractivity contribution in [3.63, 3.8) is 0 Å². The van der Waals surface area contributed by atoms with Crippen LogP contribution in [-0.2, 0) is 13.7 Å². The number of nitrogens with zero attached hydrogens (tertiary/aromatic N) is 1. The van der Waals surface area contributed by atoms with Crippen molar-refractivity contribution in [3.8, 4) is 0 Å². The fourth-order valence-electron chi connectivity index (χ4n) is 2.10. The number of benzene rings is 2. The highest BCUT2D eigenvalue weighted by atomic mass is 32.3. The monoisotopic (exact) mass is 467 g/mol. The summed E-state index contributed by atoms with van der Waals surface area (Å²) in [5.41, 5.74) is -13.0. The summed E-state index contributed by atoms with van der Waals surface area (Å²) in [6, 6.07) is 3.92. The number of alkyl halides is 6. The Morgan fingerprint density at radius 1 is 0.862 bits per heavy atom. The van der Waals surface area contributed by atoms with Gasteiger partial charge in [-0.2, -0.15) is 38.4 Å². The first kappa shape index (κ1) is 22.9. The Balaban J connectivity index is 2.93. The van der Waals surface area contributed by atoms with Crippen LogP contribution >= 0.6 is 10.3 Å². The van der Waals surface area contributed by atoms with E-state index in [0.717, 1.165) is 6.07 Å². The molecule has 1 atom stereocenters. The van der Waals surface area contributed by atoms with E-state index in [2.05, 4.69) is 3.63 Å². The van der Waals surface area contributed by atoms with Crippen molar-refractivity contribution in [2.45, 2.75) is 20.8 Å². The summed E-state index contributed by atoms with van der Waals surface area (Å²) in [5.74, 6) is -1.07. The maximum absolute atomic E-state index is 14.1. The van der Waals surface area contributed by atoms with Gasteiger partial charge in [-0.15, -0.1) is 0 Å². The van der Waals surface area contributed by atoms with Gasteiger partial charge in [-0.25, -0.2) is 4.39 Å². The average Bonchev–Trinajstić information content (AvgIpc) is 2.58. The molecule has 0 aromatic heterocycles. The van der Waals surface area contributed by atoms with E-state index < -0.39 is 57.7 Å². The molecule has 0 heterocycles. The molecule has 0 saturated heterocycles. The molecule has 0 aliphatic heterocycles. The smallest absolute Gasteiger partial charge is 0.258 e. The Kier molecular flexibility index (Phi) is 5.89. The maximum atomic E-state index is 14.1. The lowest BCUT2D eigenvalue weighted by atomic mass is 10.3. The van der Waals surface area contributed by atoms with Crippen LogP contribution in [0.25, 0.3) is 0 Å². The molecule has 0 spiro atoms. The van der Waals surface area contributed by atoms with Crippen LogP contribution in [0.5, 0.6) is 0 Å². The van der Waals surface area contributed by atoms with E-state index in [-0.39, 0.29) is 6.07 Å². The zero-order chi connectivity index (χ0) is 22.3. The fraction of sp³-hybridized carbons (Fsp3) is 0.143. The summed E-state index contributed by atoms with van der Waals surface area (Å²) in [4.78, 5) is 7.35. The summed E-state index contributed by atoms with van der Waals surface area (Å²) in [6.07, 6.45) is 0. The molecule has 0 saturated carbocycles. The largest absolute Gasteiger partial charge is 0.523 e. The Labute approximate surface area is 159 Å². The number of halogens is 7. The lowest BCUT2D eigenvalue weighted by molar-refractivity contribution is -0.385. The van der Waals surface area contributed by atoms with E-state index in [1.165, 1.54) is 0 Å². The third-order valence-electron chi connectivity index (χ3n) is 3.31. The zero-order valence-corrected chi connectivity index (χ0v) is 15.2. The van der Waals surface area contributed by atoms with Crippen LogP contribution in [0.15, 0.2) is 58.3 Å². The predicted octanol–water partition coefficient (Wildman–Crippen LogP) is 5.26. The highest BCUT2D eigenvalue weighted by molar-refractivity contribution is 8.33. The Hall–Kier alpha value is -2.39. The molecule has 29 heavy (non-hydrogen) atoms. The topological polar surface area (TPSA) is 86.5 Å². The zero-order valence-electron chi connectivity index (χ0n) is 13.6. The minimum atomic E-state index is -6.82. The van der Waals surface area contributed by atoms with Crippen LogP contribution in [0.3, 0.4) is 0 Å². The van der Waals surface area contributed by atoms with Gasteiger partial charge in [0, 0.05) is 32.2 Å². The van der Waals surface area contributed by atoms with Gasteiger partial charge in [-0.3, -0.25) is 10.1 Å². The Bertz CT molecular complexity index is 1020. The molecule has 2 rings (SSSR count). The molecular weight excluding hydrogens is 459 g/mol. The third-order valence-corrected chi connectivity index (χ3v) is 7.91. The van der Waals surface area contributed by atoms with E-state index in [9.17, 15) is 49.3 Å². The van der Waals surface area contributed by atoms with Crippen LogP contribution in [-0.4, -0.2) is 24.4 Å². The highest BCUT2D eigenvalue weighted by Gasteiger charge is 2.61. The second kappa shape index (κ2) is 7.46. The molecule has 6 nitrogen and oxygen atoms in total. The number of hydrogen-bond donors (Lipinski definition) is 0. The highest BCUT2D eigenvalue weighted by Crippen LogP contribution is 2.74. The van der Waals surface area contributed by atoms with Crippen LogP contribution < -0.4 is 0 Å². The first-order valence-electron chi connectivity index (χ1n) is 7.04. The van der Waals surface area contributed by atoms with Gasteiger partial charge in [0.15, 0.2) is 0 Å². The fourth-order valence-corrected chi connectivity index (χ4v) is 6.30. The summed E-state index contributed by atoms with van der Waals surface area (Å²) < 4.78 is 121. The number of non-ortho nitro benzene ring substituents is 1. The summed E-state index contributed by atoms with van der Waals surface area (Å²) >= 11 is 0. The Morgan fingerprint density at radius 2 is 1.41 bits per heavy atom. The van der Waals surface area contributed by atoms with Crippen molar-refractivity contribution < 1.29 is 47.7 Å². The molecule has 0 N–H and O–H groups in total. The third kappa shape index (κ3) is 4.30. The molecule has 0 aliphatic rings. The lowest BCUT2D eigenvalue weighted by Crippen LogP contribution is -2.32. The van der Waals surface area contributed by atoms with Gasteiger partial charge in [0.1, 0.15) is 5.82 Å². The van der Waals surface area contributed by atoms with Gasteiger partial charge in [-0.1, -0.05) is 6.07 Å². The van der Waals surface area contributed by atoms with Gasteiger partial charge >= 0.3 is 21.1 Å². The second-order valence-corrected chi connectivity index (χ2v) is 9.61. The van der Waals surface area contributed by atoms with Gasteiger partial charge in [0.05, 0.1) is 4.92 Å². The van der Waals surface area contributed by atoms with Crippen LogP contribution in [0.1, 0.15) is 0 Å². The molecule has 160 valence electrons. The van der Waals surface area contributed by atoms with Gasteiger partial charge in [0.2, 0.25) is 0 Å². The molecule has 15 heteroatoms. The second-order valence-electron chi connectivity index (χ2n) is 5.18. The minimum absolute atomic E-state index is 0.248. The molecule has 1 unspecified atom stereocenters. The SMILES string of the molecule is O=[N+]([O-])c1cccc(S(OS(=O)(=O)C(F)(F)F)(c2ccc(F)cc2)C(F)(F)F)c1. The molecule has 0 amide bonds. The molecule has 0 fully saturated rings. The van der Waals surface area contributed by atoms with E-state index in [1.54, 1.807) is 0 Å². The number of nitro groups is 1. The van der Waals surface area contributed by atoms with Crippen molar-refractivity contribution in [2.75, 3.05) is 0 Å². The molecular formula is C14H8F7NO5S2. The first-order valence-corrected chi connectivity index (χ1v) is 10.0. The van der Waals surface area contributed by atoms with Crippen molar-refractivity contribution in [2.24, 2.45) is 0 Å². The number of hydrogen-bond acceptors (Lipinski definition) is 5. The molecule has 0 radical (unpaired) electrons. The average molecular weight is 467 g/mol. The summed E-state index contributed by atoms with van der Waals surface area (Å²) in [5, 5.41) is 10.9. The molecule has 2 aromatic carbocycles. The number of nitro benzene ring substituents is 1. The quantitative estimate of drug-likeness (QED) is 0.259. The first-order chi connectivity index (χ1) is 13.1. The minimum Gasteiger partial charge on any atom is -0.258 e. The van der Waals surface area contributed by atoms with Crippen molar-refractivity contribution >= 4 is 26.1 Å². The normalized spacial score (nSPS) is 16.1. The van der Waals surface area contributed by atoms with Crippen LogP contribution in [0, 0.1) is 15.9 Å². The summed E-state index contributed by atoms with van der Waals surface area (Å²) in [7, 11) is -12.4. The van der Waals surface area contributed by atoms with Crippen molar-refractivity contribution in [1.82, 2.24) is 0 Å². The van der Waals surface area contributed by atoms with Gasteiger partial charge in [0.25, 0.3) is 5.69 Å². The van der Waals surface area contributed by atoms with Crippen LogP contribution in [0.4, 0.5) is 36.4 Å². The van der Waals surface area contributed by atoms with E-state index >= 15 is 0 Å². The number of rotatable bonds is 5. The van der Waals surface area contributed by atoms with E-state index in [0.29, 0.717) is 36.4 Å². The molecule has 0 bridgehead atoms. The van der Waals surface area contributed by atoms with Gasteiger partial charge < -0.3 is 0 Å². The van der Waals surface area contributed by atoms with Crippen molar-refractivity contribution in [3.05, 3.63) is 64.5 Å². The lowest BCUT2D eigenvalue weighted by Gasteiger charge is -2.39. The molecule has 2 aromatic rings. The van der Waals surface area contributed by atoms with Crippen LogP contribution in [0.2, 0.25) is 0 Å². The maximum Gasteiger partial charge on any atom is 0.523 e. The summed E-state index contributed by atoms with van der Waals surface area (Å²) in [6.45, 7) is 0. The van der Waals surface area contributed by atoms with Gasteiger partial charge in [-0.05, 0) is 30.3 Å².